The minimum absolute atomic E-state index is 0.709. The Bertz CT molecular complexity index is 892. The first-order valence-corrected chi connectivity index (χ1v) is 12.6. The molecule has 0 amide bonds. The van der Waals surface area contributed by atoms with Crippen LogP contribution in [0.4, 0.5) is 11.4 Å². The maximum absolute atomic E-state index is 9.00. The Labute approximate surface area is 193 Å². The SMILES string of the molecule is N#Cc1ccc(N2CCC(N3CCN(c4ccc(C5CCCCC5)cc4)CC3)CC2)cc1. The molecule has 168 valence electrons. The Kier molecular flexibility index (Phi) is 6.64. The van der Waals surface area contributed by atoms with Crippen molar-refractivity contribution in [3.63, 3.8) is 0 Å². The third-order valence-corrected chi connectivity index (χ3v) is 7.99. The molecule has 0 atom stereocenters. The highest BCUT2D eigenvalue weighted by molar-refractivity contribution is 5.50. The fraction of sp³-hybridized carbons (Fsp3) is 0.536. The third kappa shape index (κ3) is 4.79. The summed E-state index contributed by atoms with van der Waals surface area (Å²) in [5, 5.41) is 9.00. The van der Waals surface area contributed by atoms with E-state index >= 15 is 0 Å². The highest BCUT2D eigenvalue weighted by Gasteiger charge is 2.28. The van der Waals surface area contributed by atoms with Crippen LogP contribution < -0.4 is 9.80 Å². The molecule has 0 aromatic heterocycles. The average molecular weight is 429 g/mol. The molecule has 0 bridgehead atoms. The second kappa shape index (κ2) is 9.96. The van der Waals surface area contributed by atoms with Crippen molar-refractivity contribution in [2.45, 2.75) is 56.9 Å². The van der Waals surface area contributed by atoms with Crippen molar-refractivity contribution in [3.8, 4) is 6.07 Å². The van der Waals surface area contributed by atoms with Crippen LogP contribution in [0.3, 0.4) is 0 Å². The number of hydrogen-bond donors (Lipinski definition) is 0. The van der Waals surface area contributed by atoms with Crippen molar-refractivity contribution < 1.29 is 0 Å². The highest BCUT2D eigenvalue weighted by Crippen LogP contribution is 2.33. The van der Waals surface area contributed by atoms with Gasteiger partial charge in [0.15, 0.2) is 0 Å². The van der Waals surface area contributed by atoms with Gasteiger partial charge in [0.1, 0.15) is 0 Å². The van der Waals surface area contributed by atoms with E-state index in [-0.39, 0.29) is 0 Å². The normalized spacial score (nSPS) is 21.5. The van der Waals surface area contributed by atoms with E-state index in [9.17, 15) is 0 Å². The smallest absolute Gasteiger partial charge is 0.0991 e. The lowest BCUT2D eigenvalue weighted by Crippen LogP contribution is -2.53. The first kappa shape index (κ1) is 21.3. The van der Waals surface area contributed by atoms with Gasteiger partial charge in [-0.05, 0) is 73.6 Å². The minimum atomic E-state index is 0.709. The lowest BCUT2D eigenvalue weighted by atomic mass is 9.84. The molecule has 3 fully saturated rings. The van der Waals surface area contributed by atoms with Crippen LogP contribution in [0.5, 0.6) is 0 Å². The quantitative estimate of drug-likeness (QED) is 0.653. The number of nitrogens with zero attached hydrogens (tertiary/aromatic N) is 4. The number of piperidine rings is 1. The van der Waals surface area contributed by atoms with Crippen molar-refractivity contribution in [1.82, 2.24) is 4.90 Å². The van der Waals surface area contributed by atoms with Crippen LogP contribution in [0.25, 0.3) is 0 Å². The second-order valence-electron chi connectivity index (χ2n) is 9.83. The summed E-state index contributed by atoms with van der Waals surface area (Å²) in [5.41, 5.74) is 4.95. The summed E-state index contributed by atoms with van der Waals surface area (Å²) in [4.78, 5) is 7.78. The fourth-order valence-corrected chi connectivity index (χ4v) is 5.97. The molecule has 0 spiro atoms. The van der Waals surface area contributed by atoms with Crippen LogP contribution in [0.15, 0.2) is 48.5 Å². The van der Waals surface area contributed by atoms with Gasteiger partial charge in [0, 0.05) is 56.7 Å². The predicted octanol–water partition coefficient (Wildman–Crippen LogP) is 5.40. The molecule has 2 aliphatic heterocycles. The van der Waals surface area contributed by atoms with Gasteiger partial charge in [-0.1, -0.05) is 31.4 Å². The topological polar surface area (TPSA) is 33.5 Å². The van der Waals surface area contributed by atoms with E-state index in [1.54, 1.807) is 5.56 Å². The third-order valence-electron chi connectivity index (χ3n) is 7.99. The van der Waals surface area contributed by atoms with E-state index in [0.29, 0.717) is 6.04 Å². The van der Waals surface area contributed by atoms with Gasteiger partial charge in [-0.2, -0.15) is 5.26 Å². The van der Waals surface area contributed by atoms with Gasteiger partial charge in [-0.3, -0.25) is 4.90 Å². The summed E-state index contributed by atoms with van der Waals surface area (Å²) in [5.74, 6) is 0.796. The molecule has 1 aliphatic carbocycles. The summed E-state index contributed by atoms with van der Waals surface area (Å²) in [6, 6.07) is 20.5. The molecule has 2 aromatic carbocycles. The maximum Gasteiger partial charge on any atom is 0.0991 e. The Hall–Kier alpha value is -2.51. The lowest BCUT2D eigenvalue weighted by Gasteiger charge is -2.44. The summed E-state index contributed by atoms with van der Waals surface area (Å²) < 4.78 is 0. The van der Waals surface area contributed by atoms with Gasteiger partial charge < -0.3 is 9.80 Å². The van der Waals surface area contributed by atoms with Gasteiger partial charge in [0.2, 0.25) is 0 Å². The largest absolute Gasteiger partial charge is 0.371 e. The molecule has 0 unspecified atom stereocenters. The van der Waals surface area contributed by atoms with E-state index in [2.05, 4.69) is 57.2 Å². The zero-order valence-electron chi connectivity index (χ0n) is 19.3. The van der Waals surface area contributed by atoms with Gasteiger partial charge >= 0.3 is 0 Å². The summed E-state index contributed by atoms with van der Waals surface area (Å²) in [7, 11) is 0. The Morgan fingerprint density at radius 1 is 0.625 bits per heavy atom. The first-order chi connectivity index (χ1) is 15.8. The highest BCUT2D eigenvalue weighted by atomic mass is 15.3. The second-order valence-corrected chi connectivity index (χ2v) is 9.83. The van der Waals surface area contributed by atoms with Crippen LogP contribution in [-0.4, -0.2) is 50.2 Å². The van der Waals surface area contributed by atoms with Gasteiger partial charge in [0.05, 0.1) is 11.6 Å². The van der Waals surface area contributed by atoms with E-state index in [1.807, 2.05) is 12.1 Å². The molecule has 2 aromatic rings. The molecule has 5 rings (SSSR count). The average Bonchev–Trinajstić information content (AvgIpc) is 2.90. The van der Waals surface area contributed by atoms with Crippen molar-refractivity contribution in [2.75, 3.05) is 49.1 Å². The summed E-state index contributed by atoms with van der Waals surface area (Å²) >= 11 is 0. The minimum Gasteiger partial charge on any atom is -0.371 e. The predicted molar refractivity (Wildman–Crippen MR) is 132 cm³/mol. The zero-order chi connectivity index (χ0) is 21.8. The van der Waals surface area contributed by atoms with Crippen molar-refractivity contribution >= 4 is 11.4 Å². The molecule has 4 heteroatoms. The maximum atomic E-state index is 9.00. The number of rotatable bonds is 4. The van der Waals surface area contributed by atoms with E-state index in [1.165, 1.54) is 69.4 Å². The summed E-state index contributed by atoms with van der Waals surface area (Å²) in [6.07, 6.45) is 9.45. The number of nitriles is 1. The Morgan fingerprint density at radius 3 is 1.78 bits per heavy atom. The van der Waals surface area contributed by atoms with Crippen molar-refractivity contribution in [1.29, 1.82) is 5.26 Å². The molecule has 0 radical (unpaired) electrons. The number of piperazine rings is 1. The van der Waals surface area contributed by atoms with Crippen molar-refractivity contribution in [2.24, 2.45) is 0 Å². The van der Waals surface area contributed by atoms with Crippen LogP contribution in [0.1, 0.15) is 62.0 Å². The number of hydrogen-bond acceptors (Lipinski definition) is 4. The van der Waals surface area contributed by atoms with Crippen LogP contribution in [0, 0.1) is 11.3 Å². The van der Waals surface area contributed by atoms with E-state index < -0.39 is 0 Å². The molecule has 4 nitrogen and oxygen atoms in total. The number of benzene rings is 2. The van der Waals surface area contributed by atoms with Crippen LogP contribution >= 0.6 is 0 Å². The molecule has 1 saturated carbocycles. The molecule has 0 N–H and O–H groups in total. The fourth-order valence-electron chi connectivity index (χ4n) is 5.97. The van der Waals surface area contributed by atoms with Crippen LogP contribution in [-0.2, 0) is 0 Å². The van der Waals surface area contributed by atoms with Gasteiger partial charge in [0.25, 0.3) is 0 Å². The molecule has 2 heterocycles. The van der Waals surface area contributed by atoms with Gasteiger partial charge in [-0.25, -0.2) is 0 Å². The van der Waals surface area contributed by atoms with E-state index in [4.69, 9.17) is 5.26 Å². The lowest BCUT2D eigenvalue weighted by molar-refractivity contribution is 0.160. The Balaban J connectivity index is 1.10. The number of anilines is 2. The first-order valence-electron chi connectivity index (χ1n) is 12.6. The molecular formula is C28H36N4. The molecule has 32 heavy (non-hydrogen) atoms. The van der Waals surface area contributed by atoms with Crippen molar-refractivity contribution in [3.05, 3.63) is 59.7 Å². The van der Waals surface area contributed by atoms with E-state index in [0.717, 1.165) is 37.7 Å². The molecule has 2 saturated heterocycles. The van der Waals surface area contributed by atoms with Crippen LogP contribution in [0.2, 0.25) is 0 Å². The Morgan fingerprint density at radius 2 is 1.19 bits per heavy atom. The standard InChI is InChI=1S/C28H36N4/c29-22-23-6-10-26(11-7-23)30-16-14-28(15-17-30)32-20-18-31(19-21-32)27-12-8-25(9-13-27)24-4-2-1-3-5-24/h6-13,24,28H,1-5,14-21H2. The van der Waals surface area contributed by atoms with Gasteiger partial charge in [-0.15, -0.1) is 0 Å². The zero-order valence-corrected chi connectivity index (χ0v) is 19.3. The molecule has 3 aliphatic rings. The summed E-state index contributed by atoms with van der Waals surface area (Å²) in [6.45, 7) is 6.84. The molecular weight excluding hydrogens is 392 g/mol. The monoisotopic (exact) mass is 428 g/mol.